The highest BCUT2D eigenvalue weighted by molar-refractivity contribution is 7.94. The van der Waals surface area contributed by atoms with Gasteiger partial charge >= 0.3 is 6.18 Å². The van der Waals surface area contributed by atoms with Gasteiger partial charge in [0, 0.05) is 30.2 Å². The molecule has 1 N–H and O–H groups in total. The van der Waals surface area contributed by atoms with Crippen molar-refractivity contribution in [1.29, 1.82) is 0 Å². The fraction of sp³-hybridized carbons (Fsp3) is 0.381. The summed E-state index contributed by atoms with van der Waals surface area (Å²) in [5.74, 6) is 0.225. The molecule has 0 saturated carbocycles. The summed E-state index contributed by atoms with van der Waals surface area (Å²) in [7, 11) is 0. The fourth-order valence-corrected chi connectivity index (χ4v) is 3.70. The standard InChI is InChI=1S/C21H24F3NO2S/c1-6-17(26)20(19-13(3)9-12(2)10-14(19)4)15(5)27-28-18-8-7-16(11-25-18)21(22,23)24/h7-11,15,26H,6H2,1-5H3/b20-17-. The van der Waals surface area contributed by atoms with Crippen LogP contribution in [0.4, 0.5) is 13.2 Å². The zero-order chi connectivity index (χ0) is 21.1. The summed E-state index contributed by atoms with van der Waals surface area (Å²) in [5.41, 5.74) is 3.99. The first-order valence-corrected chi connectivity index (χ1v) is 9.65. The molecule has 0 aliphatic carbocycles. The van der Waals surface area contributed by atoms with Gasteiger partial charge in [-0.15, -0.1) is 0 Å². The minimum Gasteiger partial charge on any atom is -0.512 e. The van der Waals surface area contributed by atoms with E-state index < -0.39 is 17.8 Å². The van der Waals surface area contributed by atoms with Crippen LogP contribution in [0.15, 0.2) is 41.2 Å². The zero-order valence-corrected chi connectivity index (χ0v) is 17.3. The number of aryl methyl sites for hydroxylation is 3. The Morgan fingerprint density at radius 2 is 1.79 bits per heavy atom. The highest BCUT2D eigenvalue weighted by Gasteiger charge is 2.30. The Balaban J connectivity index is 2.25. The van der Waals surface area contributed by atoms with Crippen LogP contribution in [0.3, 0.4) is 0 Å². The maximum Gasteiger partial charge on any atom is 0.417 e. The van der Waals surface area contributed by atoms with Gasteiger partial charge in [0.05, 0.1) is 17.4 Å². The number of hydrogen-bond donors (Lipinski definition) is 1. The lowest BCUT2D eigenvalue weighted by Crippen LogP contribution is -2.12. The van der Waals surface area contributed by atoms with Crippen molar-refractivity contribution in [3.05, 3.63) is 64.0 Å². The van der Waals surface area contributed by atoms with Gasteiger partial charge in [-0.3, -0.25) is 0 Å². The van der Waals surface area contributed by atoms with Crippen LogP contribution >= 0.6 is 12.0 Å². The number of aliphatic hydroxyl groups is 1. The number of pyridine rings is 1. The predicted molar refractivity (Wildman–Crippen MR) is 106 cm³/mol. The molecule has 0 saturated heterocycles. The largest absolute Gasteiger partial charge is 0.512 e. The van der Waals surface area contributed by atoms with Gasteiger partial charge in [0.15, 0.2) is 0 Å². The van der Waals surface area contributed by atoms with Gasteiger partial charge in [-0.25, -0.2) is 4.98 Å². The van der Waals surface area contributed by atoms with Crippen molar-refractivity contribution in [2.45, 2.75) is 58.3 Å². The summed E-state index contributed by atoms with van der Waals surface area (Å²) in [6, 6.07) is 6.33. The van der Waals surface area contributed by atoms with Gasteiger partial charge in [0.1, 0.15) is 5.03 Å². The highest BCUT2D eigenvalue weighted by Crippen LogP contribution is 2.34. The molecule has 1 unspecified atom stereocenters. The molecule has 28 heavy (non-hydrogen) atoms. The Hall–Kier alpha value is -1.99. The van der Waals surface area contributed by atoms with Crippen LogP contribution in [0.1, 0.15) is 48.1 Å². The molecular formula is C21H24F3NO2S. The lowest BCUT2D eigenvalue weighted by molar-refractivity contribution is -0.137. The molecule has 0 aliphatic rings. The molecular weight excluding hydrogens is 387 g/mol. The normalized spacial score (nSPS) is 14.0. The highest BCUT2D eigenvalue weighted by atomic mass is 32.2. The molecule has 0 bridgehead atoms. The maximum absolute atomic E-state index is 12.6. The molecule has 2 aromatic rings. The summed E-state index contributed by atoms with van der Waals surface area (Å²) in [6.45, 7) is 9.63. The number of hydrogen-bond acceptors (Lipinski definition) is 4. The number of aromatic nitrogens is 1. The van der Waals surface area contributed by atoms with E-state index in [1.54, 1.807) is 6.92 Å². The van der Waals surface area contributed by atoms with Crippen LogP contribution in [-0.2, 0) is 10.4 Å². The first kappa shape index (κ1) is 22.3. The third-order valence-electron chi connectivity index (χ3n) is 4.34. The summed E-state index contributed by atoms with van der Waals surface area (Å²) in [4.78, 5) is 3.80. The molecule has 152 valence electrons. The van der Waals surface area contributed by atoms with E-state index in [0.717, 1.165) is 46.6 Å². The molecule has 1 aromatic heterocycles. The Labute approximate surface area is 167 Å². The molecule has 0 fully saturated rings. The van der Waals surface area contributed by atoms with E-state index in [4.69, 9.17) is 4.18 Å². The van der Waals surface area contributed by atoms with Crippen LogP contribution in [0.5, 0.6) is 0 Å². The Bertz CT molecular complexity index is 838. The summed E-state index contributed by atoms with van der Waals surface area (Å²) >= 11 is 0.890. The molecule has 1 aromatic carbocycles. The molecule has 1 atom stereocenters. The molecule has 0 radical (unpaired) electrons. The predicted octanol–water partition coefficient (Wildman–Crippen LogP) is 6.82. The van der Waals surface area contributed by atoms with Crippen molar-refractivity contribution < 1.29 is 22.5 Å². The van der Waals surface area contributed by atoms with Crippen molar-refractivity contribution >= 4 is 17.6 Å². The minimum absolute atomic E-state index is 0.225. The van der Waals surface area contributed by atoms with Crippen LogP contribution < -0.4 is 0 Å². The summed E-state index contributed by atoms with van der Waals surface area (Å²) in [6.07, 6.45) is -3.69. The number of allylic oxidation sites excluding steroid dienone is 1. The monoisotopic (exact) mass is 411 g/mol. The number of aliphatic hydroxyl groups excluding tert-OH is 1. The second-order valence-corrected chi connectivity index (χ2v) is 7.47. The molecule has 1 heterocycles. The van der Waals surface area contributed by atoms with E-state index in [9.17, 15) is 18.3 Å². The third-order valence-corrected chi connectivity index (χ3v) is 5.14. The molecule has 0 amide bonds. The first-order valence-electron chi connectivity index (χ1n) is 8.91. The van der Waals surface area contributed by atoms with Gasteiger partial charge in [-0.1, -0.05) is 24.6 Å². The number of rotatable bonds is 6. The quantitative estimate of drug-likeness (QED) is 0.418. The van der Waals surface area contributed by atoms with E-state index in [1.165, 1.54) is 6.07 Å². The molecule has 3 nitrogen and oxygen atoms in total. The smallest absolute Gasteiger partial charge is 0.417 e. The topological polar surface area (TPSA) is 42.4 Å². The second kappa shape index (κ2) is 9.01. The summed E-state index contributed by atoms with van der Waals surface area (Å²) in [5, 5.41) is 10.8. The van der Waals surface area contributed by atoms with Crippen molar-refractivity contribution in [3.8, 4) is 0 Å². The van der Waals surface area contributed by atoms with E-state index in [0.29, 0.717) is 17.0 Å². The van der Waals surface area contributed by atoms with E-state index in [-0.39, 0.29) is 5.76 Å². The van der Waals surface area contributed by atoms with Crippen LogP contribution in [-0.4, -0.2) is 16.2 Å². The third kappa shape index (κ3) is 5.29. The Kier molecular flexibility index (Phi) is 7.17. The van der Waals surface area contributed by atoms with Crippen LogP contribution in [0.2, 0.25) is 0 Å². The van der Waals surface area contributed by atoms with Gasteiger partial charge < -0.3 is 9.29 Å². The van der Waals surface area contributed by atoms with Crippen molar-refractivity contribution in [3.63, 3.8) is 0 Å². The molecule has 7 heteroatoms. The van der Waals surface area contributed by atoms with Crippen LogP contribution in [0, 0.1) is 20.8 Å². The number of nitrogens with zero attached hydrogens (tertiary/aromatic N) is 1. The lowest BCUT2D eigenvalue weighted by atomic mass is 9.90. The minimum atomic E-state index is -4.42. The van der Waals surface area contributed by atoms with Crippen molar-refractivity contribution in [2.75, 3.05) is 0 Å². The maximum atomic E-state index is 12.6. The number of halogens is 3. The lowest BCUT2D eigenvalue weighted by Gasteiger charge is -2.22. The zero-order valence-electron chi connectivity index (χ0n) is 16.5. The SMILES string of the molecule is CC/C(O)=C(/c1c(C)cc(C)cc1C)C(C)OSc1ccc(C(F)(F)F)cn1. The second-order valence-electron chi connectivity index (χ2n) is 6.69. The molecule has 0 aliphatic heterocycles. The Morgan fingerprint density at radius 1 is 1.18 bits per heavy atom. The van der Waals surface area contributed by atoms with Gasteiger partial charge in [0.25, 0.3) is 0 Å². The van der Waals surface area contributed by atoms with Gasteiger partial charge in [-0.05, 0) is 56.5 Å². The number of benzene rings is 1. The fourth-order valence-electron chi connectivity index (χ4n) is 3.14. The van der Waals surface area contributed by atoms with E-state index in [1.807, 2.05) is 39.8 Å². The summed E-state index contributed by atoms with van der Waals surface area (Å²) < 4.78 is 43.7. The van der Waals surface area contributed by atoms with E-state index in [2.05, 4.69) is 4.98 Å². The first-order chi connectivity index (χ1) is 13.0. The van der Waals surface area contributed by atoms with Gasteiger partial charge in [0.2, 0.25) is 0 Å². The number of alkyl halides is 3. The Morgan fingerprint density at radius 3 is 2.25 bits per heavy atom. The average molecular weight is 411 g/mol. The molecule has 2 rings (SSSR count). The average Bonchev–Trinajstić information content (AvgIpc) is 2.61. The molecule has 0 spiro atoms. The van der Waals surface area contributed by atoms with E-state index >= 15 is 0 Å². The van der Waals surface area contributed by atoms with Crippen LogP contribution in [0.25, 0.3) is 5.57 Å². The van der Waals surface area contributed by atoms with Gasteiger partial charge in [-0.2, -0.15) is 13.2 Å². The van der Waals surface area contributed by atoms with Crippen molar-refractivity contribution in [2.24, 2.45) is 0 Å². The van der Waals surface area contributed by atoms with Crippen molar-refractivity contribution in [1.82, 2.24) is 4.98 Å².